The number of aryl methyl sites for hydroxylation is 1. The highest BCUT2D eigenvalue weighted by molar-refractivity contribution is 5.92. The molecule has 0 unspecified atom stereocenters. The molecule has 1 aliphatic carbocycles. The lowest BCUT2D eigenvalue weighted by atomic mass is 9.67. The van der Waals surface area contributed by atoms with E-state index in [0.717, 1.165) is 56.3 Å². The van der Waals surface area contributed by atoms with Crippen LogP contribution in [0.1, 0.15) is 79.4 Å². The smallest absolute Gasteiger partial charge is 0.272 e. The molecular weight excluding hydrogens is 412 g/mol. The Morgan fingerprint density at radius 1 is 0.970 bits per heavy atom. The van der Waals surface area contributed by atoms with Crippen molar-refractivity contribution in [2.75, 3.05) is 27.2 Å². The Morgan fingerprint density at radius 2 is 1.67 bits per heavy atom. The second-order valence-corrected chi connectivity index (χ2v) is 10.3. The summed E-state index contributed by atoms with van der Waals surface area (Å²) in [5, 5.41) is 0. The zero-order valence-electron chi connectivity index (χ0n) is 20.4. The average molecular weight is 449 g/mol. The van der Waals surface area contributed by atoms with Crippen LogP contribution in [-0.4, -0.2) is 58.8 Å². The van der Waals surface area contributed by atoms with Gasteiger partial charge in [0, 0.05) is 38.3 Å². The molecule has 6 nitrogen and oxygen atoms in total. The Hall–Kier alpha value is -2.76. The first-order chi connectivity index (χ1) is 15.7. The highest BCUT2D eigenvalue weighted by atomic mass is 16.2. The lowest BCUT2D eigenvalue weighted by Crippen LogP contribution is -2.54. The first-order valence-corrected chi connectivity index (χ1v) is 12.2. The summed E-state index contributed by atoms with van der Waals surface area (Å²) in [7, 11) is 3.46. The van der Waals surface area contributed by atoms with E-state index in [9.17, 15) is 9.59 Å². The summed E-state index contributed by atoms with van der Waals surface area (Å²) in [6, 6.07) is 12.1. The molecule has 6 heteroatoms. The second kappa shape index (κ2) is 9.24. The van der Waals surface area contributed by atoms with Crippen molar-refractivity contribution in [3.05, 3.63) is 59.2 Å². The summed E-state index contributed by atoms with van der Waals surface area (Å²) >= 11 is 0. The molecule has 1 aromatic heterocycles. The Bertz CT molecular complexity index is 1010. The summed E-state index contributed by atoms with van der Waals surface area (Å²) in [6.07, 6.45) is 6.98. The lowest BCUT2D eigenvalue weighted by molar-refractivity contribution is -0.141. The molecule has 2 fully saturated rings. The van der Waals surface area contributed by atoms with Crippen molar-refractivity contribution >= 4 is 11.8 Å². The standard InChI is InChI=1S/C27H36N4O2/c1-20-18-22(23(32)30(3)4)29-24(28-20)26(2)14-11-17-31(19-26)25(33)27(15-9-6-10-16-27)21-12-7-5-8-13-21/h5,7-8,12-13,18H,6,9-11,14-17,19H2,1-4H3/t26-/m1/s1. The Kier molecular flexibility index (Phi) is 6.55. The van der Waals surface area contributed by atoms with Gasteiger partial charge in [-0.1, -0.05) is 56.5 Å². The van der Waals surface area contributed by atoms with Crippen molar-refractivity contribution < 1.29 is 9.59 Å². The number of aromatic nitrogens is 2. The predicted molar refractivity (Wildman–Crippen MR) is 129 cm³/mol. The summed E-state index contributed by atoms with van der Waals surface area (Å²) in [5.74, 6) is 0.790. The number of nitrogens with zero attached hydrogens (tertiary/aromatic N) is 4. The molecule has 176 valence electrons. The minimum absolute atomic E-state index is 0.126. The van der Waals surface area contributed by atoms with Crippen LogP contribution >= 0.6 is 0 Å². The van der Waals surface area contributed by atoms with Crippen molar-refractivity contribution in [3.8, 4) is 0 Å². The average Bonchev–Trinajstić information content (AvgIpc) is 2.83. The molecule has 0 spiro atoms. The van der Waals surface area contributed by atoms with Gasteiger partial charge in [0.05, 0.1) is 5.41 Å². The molecule has 2 aromatic rings. The number of hydrogen-bond donors (Lipinski definition) is 0. The summed E-state index contributed by atoms with van der Waals surface area (Å²) in [4.78, 5) is 39.8. The molecule has 1 atom stereocenters. The van der Waals surface area contributed by atoms with E-state index >= 15 is 0 Å². The number of carbonyl (C=O) groups excluding carboxylic acids is 2. The first-order valence-electron chi connectivity index (χ1n) is 12.2. The molecule has 0 bridgehead atoms. The van der Waals surface area contributed by atoms with Gasteiger partial charge in [-0.2, -0.15) is 0 Å². The molecule has 2 heterocycles. The fraction of sp³-hybridized carbons (Fsp3) is 0.556. The van der Waals surface area contributed by atoms with Crippen molar-refractivity contribution in [2.45, 2.75) is 69.6 Å². The normalized spacial score (nSPS) is 22.6. The van der Waals surface area contributed by atoms with Crippen LogP contribution in [0.4, 0.5) is 0 Å². The van der Waals surface area contributed by atoms with Gasteiger partial charge in [-0.05, 0) is 44.2 Å². The Balaban J connectivity index is 1.65. The fourth-order valence-corrected chi connectivity index (χ4v) is 5.61. The largest absolute Gasteiger partial charge is 0.343 e. The molecule has 1 saturated heterocycles. The highest BCUT2D eigenvalue weighted by Crippen LogP contribution is 2.43. The number of likely N-dealkylation sites (tertiary alicyclic amines) is 1. The van der Waals surface area contributed by atoms with Gasteiger partial charge < -0.3 is 9.80 Å². The third kappa shape index (κ3) is 4.53. The third-order valence-corrected chi connectivity index (χ3v) is 7.45. The van der Waals surface area contributed by atoms with E-state index in [4.69, 9.17) is 9.97 Å². The maximum Gasteiger partial charge on any atom is 0.272 e. The molecule has 1 aliphatic heterocycles. The van der Waals surface area contributed by atoms with E-state index in [2.05, 4.69) is 24.0 Å². The molecule has 33 heavy (non-hydrogen) atoms. The van der Waals surface area contributed by atoms with Crippen molar-refractivity contribution in [1.29, 1.82) is 0 Å². The first kappa shape index (κ1) is 23.4. The predicted octanol–water partition coefficient (Wildman–Crippen LogP) is 4.27. The van der Waals surface area contributed by atoms with Crippen LogP contribution in [0.25, 0.3) is 0 Å². The van der Waals surface area contributed by atoms with Gasteiger partial charge in [-0.25, -0.2) is 9.97 Å². The molecule has 0 radical (unpaired) electrons. The number of benzene rings is 1. The van der Waals surface area contributed by atoms with E-state index in [-0.39, 0.29) is 17.2 Å². The van der Waals surface area contributed by atoms with Crippen LogP contribution in [0.2, 0.25) is 0 Å². The summed E-state index contributed by atoms with van der Waals surface area (Å²) in [6.45, 7) is 5.39. The van der Waals surface area contributed by atoms with Crippen LogP contribution in [0.5, 0.6) is 0 Å². The SMILES string of the molecule is Cc1cc(C(=O)N(C)C)nc([C@]2(C)CCCN(C(=O)C3(c4ccccc4)CCCCC3)C2)n1. The molecule has 2 aliphatic rings. The molecular formula is C27H36N4O2. The monoisotopic (exact) mass is 448 g/mol. The van der Waals surface area contributed by atoms with Crippen molar-refractivity contribution in [3.63, 3.8) is 0 Å². The minimum Gasteiger partial charge on any atom is -0.343 e. The van der Waals surface area contributed by atoms with Crippen molar-refractivity contribution in [2.24, 2.45) is 0 Å². The molecule has 4 rings (SSSR count). The Labute approximate surface area is 197 Å². The van der Waals surface area contributed by atoms with Crippen LogP contribution in [0.15, 0.2) is 36.4 Å². The van der Waals surface area contributed by atoms with Gasteiger partial charge in [0.1, 0.15) is 11.5 Å². The minimum atomic E-state index is -0.433. The molecule has 2 amide bonds. The van der Waals surface area contributed by atoms with Gasteiger partial charge in [-0.3, -0.25) is 9.59 Å². The van der Waals surface area contributed by atoms with E-state index in [0.29, 0.717) is 18.1 Å². The van der Waals surface area contributed by atoms with Gasteiger partial charge in [0.25, 0.3) is 5.91 Å². The maximum absolute atomic E-state index is 14.2. The topological polar surface area (TPSA) is 66.4 Å². The summed E-state index contributed by atoms with van der Waals surface area (Å²) < 4.78 is 0. The van der Waals surface area contributed by atoms with E-state index in [1.807, 2.05) is 25.1 Å². The highest BCUT2D eigenvalue weighted by Gasteiger charge is 2.46. The number of amides is 2. The molecule has 1 aromatic carbocycles. The van der Waals surface area contributed by atoms with Gasteiger partial charge in [0.2, 0.25) is 5.91 Å². The van der Waals surface area contributed by atoms with E-state index in [1.165, 1.54) is 11.3 Å². The van der Waals surface area contributed by atoms with E-state index in [1.54, 1.807) is 20.2 Å². The number of carbonyl (C=O) groups is 2. The maximum atomic E-state index is 14.2. The summed E-state index contributed by atoms with van der Waals surface area (Å²) in [5.41, 5.74) is 1.53. The van der Waals surface area contributed by atoms with Crippen molar-refractivity contribution in [1.82, 2.24) is 19.8 Å². The van der Waals surface area contributed by atoms with Crippen LogP contribution in [0.3, 0.4) is 0 Å². The lowest BCUT2D eigenvalue weighted by Gasteiger charge is -2.45. The zero-order valence-corrected chi connectivity index (χ0v) is 20.4. The van der Waals surface area contributed by atoms with Crippen LogP contribution < -0.4 is 0 Å². The van der Waals surface area contributed by atoms with E-state index < -0.39 is 5.41 Å². The number of rotatable bonds is 4. The number of hydrogen-bond acceptors (Lipinski definition) is 4. The zero-order chi connectivity index (χ0) is 23.6. The Morgan fingerprint density at radius 3 is 2.33 bits per heavy atom. The van der Waals surface area contributed by atoms with Crippen LogP contribution in [0, 0.1) is 6.92 Å². The fourth-order valence-electron chi connectivity index (χ4n) is 5.61. The van der Waals surface area contributed by atoms with Crippen LogP contribution in [-0.2, 0) is 15.6 Å². The molecule has 0 N–H and O–H groups in total. The second-order valence-electron chi connectivity index (χ2n) is 10.3. The van der Waals surface area contributed by atoms with Gasteiger partial charge in [0.15, 0.2) is 0 Å². The quantitative estimate of drug-likeness (QED) is 0.701. The molecule has 1 saturated carbocycles. The number of piperidine rings is 1. The van der Waals surface area contributed by atoms with Gasteiger partial charge in [-0.15, -0.1) is 0 Å². The third-order valence-electron chi connectivity index (χ3n) is 7.45. The van der Waals surface area contributed by atoms with Gasteiger partial charge >= 0.3 is 0 Å².